The van der Waals surface area contributed by atoms with Crippen LogP contribution in [0.15, 0.2) is 49.1 Å². The van der Waals surface area contributed by atoms with E-state index in [1.807, 2.05) is 34.4 Å². The number of imidazole rings is 2. The fraction of sp³-hybridized carbons (Fsp3) is 0.379. The Kier molecular flexibility index (Phi) is 7.60. The number of amides is 1. The quantitative estimate of drug-likeness (QED) is 0.256. The van der Waals surface area contributed by atoms with E-state index in [4.69, 9.17) is 25.2 Å². The highest BCUT2D eigenvalue weighted by molar-refractivity contribution is 5.99. The molecule has 13 heteroatoms. The Morgan fingerprint density at radius 3 is 2.81 bits per heavy atom. The zero-order valence-corrected chi connectivity index (χ0v) is 23.4. The summed E-state index contributed by atoms with van der Waals surface area (Å²) in [6, 6.07) is 8.50. The number of nitrogens with zero attached hydrogens (tertiary/aromatic N) is 7. The van der Waals surface area contributed by atoms with Crippen LogP contribution >= 0.6 is 0 Å². The first kappa shape index (κ1) is 27.8. The third-order valence-electron chi connectivity index (χ3n) is 7.51. The average Bonchev–Trinajstić information content (AvgIpc) is 3.70. The number of aromatic nitrogens is 6. The second-order valence-corrected chi connectivity index (χ2v) is 10.4. The molecule has 0 saturated heterocycles. The Hall–Kier alpha value is -4.36. The minimum Gasteiger partial charge on any atom is -0.456 e. The molecule has 5 aromatic rings. The van der Waals surface area contributed by atoms with Crippen LogP contribution in [-0.4, -0.2) is 85.3 Å². The van der Waals surface area contributed by atoms with Crippen molar-refractivity contribution in [3.05, 3.63) is 60.3 Å². The molecule has 0 bridgehead atoms. The smallest absolute Gasteiger partial charge is 0.256 e. The first-order valence-corrected chi connectivity index (χ1v) is 13.7. The number of carbonyl (C=O) groups excluding carboxylic acids is 1. The summed E-state index contributed by atoms with van der Waals surface area (Å²) < 4.78 is 44.7. The summed E-state index contributed by atoms with van der Waals surface area (Å²) in [6.45, 7) is 0.737. The van der Waals surface area contributed by atoms with Gasteiger partial charge in [-0.15, -0.1) is 0 Å². The molecular formula is C29H32F2N8O3. The molecule has 42 heavy (non-hydrogen) atoms. The standard InChI is InChI=1S/C29H32F2N8O3/c1-36-27-22(13-20-21(34-27)6-8-38(29(20)40)15-19(32)14-30)35-28(36)23-12-18-4-3-5-24(26(18)39(23)10-11-41-2)42-25(31)16-37-9-7-33-17-37/h3-5,7,9,12-13,17,19,25H,6,8,10-11,14-16,32H2,1-2H3/t19-,25?/m1/s1. The van der Waals surface area contributed by atoms with Crippen LogP contribution in [0.5, 0.6) is 5.75 Å². The Morgan fingerprint density at radius 1 is 1.19 bits per heavy atom. The number of pyridine rings is 1. The number of alkyl halides is 2. The van der Waals surface area contributed by atoms with Gasteiger partial charge in [0.25, 0.3) is 12.3 Å². The predicted octanol–water partition coefficient (Wildman–Crippen LogP) is 3.10. The lowest BCUT2D eigenvalue weighted by atomic mass is 10.0. The van der Waals surface area contributed by atoms with Crippen molar-refractivity contribution in [1.29, 1.82) is 0 Å². The number of benzene rings is 1. The second kappa shape index (κ2) is 11.5. The van der Waals surface area contributed by atoms with E-state index in [1.165, 1.54) is 6.33 Å². The van der Waals surface area contributed by atoms with E-state index in [0.29, 0.717) is 65.6 Å². The van der Waals surface area contributed by atoms with Crippen LogP contribution in [0.25, 0.3) is 33.6 Å². The van der Waals surface area contributed by atoms with E-state index >= 15 is 4.39 Å². The topological polar surface area (TPSA) is 118 Å². The van der Waals surface area contributed by atoms with E-state index < -0.39 is 19.1 Å². The molecule has 220 valence electrons. The number of para-hydroxylation sites is 1. The summed E-state index contributed by atoms with van der Waals surface area (Å²) in [7, 11) is 3.50. The maximum atomic E-state index is 15.0. The maximum Gasteiger partial charge on any atom is 0.256 e. The summed E-state index contributed by atoms with van der Waals surface area (Å²) in [5, 5.41) is 0.850. The van der Waals surface area contributed by atoms with Gasteiger partial charge in [-0.2, -0.15) is 4.39 Å². The largest absolute Gasteiger partial charge is 0.456 e. The Balaban J connectivity index is 1.40. The van der Waals surface area contributed by atoms with Crippen LogP contribution in [0.4, 0.5) is 8.78 Å². The molecule has 11 nitrogen and oxygen atoms in total. The van der Waals surface area contributed by atoms with Crippen LogP contribution < -0.4 is 10.5 Å². The molecule has 1 unspecified atom stereocenters. The molecule has 0 spiro atoms. The van der Waals surface area contributed by atoms with Gasteiger partial charge in [0.05, 0.1) is 48.0 Å². The van der Waals surface area contributed by atoms with E-state index in [1.54, 1.807) is 41.1 Å². The minimum absolute atomic E-state index is 0.00101. The van der Waals surface area contributed by atoms with Gasteiger partial charge in [-0.05, 0) is 18.2 Å². The highest BCUT2D eigenvalue weighted by Crippen LogP contribution is 2.35. The highest BCUT2D eigenvalue weighted by Gasteiger charge is 2.29. The summed E-state index contributed by atoms with van der Waals surface area (Å²) in [6.07, 6.45) is 3.75. The van der Waals surface area contributed by atoms with Crippen molar-refractivity contribution in [2.45, 2.75) is 31.9 Å². The van der Waals surface area contributed by atoms with Crippen molar-refractivity contribution in [3.63, 3.8) is 0 Å². The van der Waals surface area contributed by atoms with Crippen LogP contribution in [0, 0.1) is 0 Å². The number of aryl methyl sites for hydroxylation is 1. The van der Waals surface area contributed by atoms with Gasteiger partial charge >= 0.3 is 0 Å². The summed E-state index contributed by atoms with van der Waals surface area (Å²) >= 11 is 0. The second-order valence-electron chi connectivity index (χ2n) is 10.4. The number of nitrogens with two attached hydrogens (primary N) is 1. The van der Waals surface area contributed by atoms with Crippen molar-refractivity contribution in [2.24, 2.45) is 12.8 Å². The third-order valence-corrected chi connectivity index (χ3v) is 7.51. The maximum absolute atomic E-state index is 15.0. The van der Waals surface area contributed by atoms with Crippen molar-refractivity contribution in [1.82, 2.24) is 33.6 Å². The molecule has 1 amide bonds. The van der Waals surface area contributed by atoms with Gasteiger partial charge in [-0.1, -0.05) is 12.1 Å². The number of hydrogen-bond acceptors (Lipinski definition) is 7. The van der Waals surface area contributed by atoms with Crippen LogP contribution in [-0.2, 0) is 31.3 Å². The summed E-state index contributed by atoms with van der Waals surface area (Å²) in [5.41, 5.74) is 9.57. The normalized spacial score (nSPS) is 15.0. The molecular weight excluding hydrogens is 546 g/mol. The zero-order valence-electron chi connectivity index (χ0n) is 23.4. The van der Waals surface area contributed by atoms with Gasteiger partial charge in [0.1, 0.15) is 17.9 Å². The number of carbonyl (C=O) groups is 1. The van der Waals surface area contributed by atoms with E-state index in [0.717, 1.165) is 11.1 Å². The highest BCUT2D eigenvalue weighted by atomic mass is 19.1. The lowest BCUT2D eigenvalue weighted by Crippen LogP contribution is -2.45. The summed E-state index contributed by atoms with van der Waals surface area (Å²) in [4.78, 5) is 28.4. The van der Waals surface area contributed by atoms with Gasteiger partial charge < -0.3 is 33.8 Å². The molecule has 0 aliphatic carbocycles. The Labute approximate surface area is 240 Å². The number of fused-ring (bicyclic) bond motifs is 3. The lowest BCUT2D eigenvalue weighted by Gasteiger charge is -2.29. The molecule has 1 aliphatic heterocycles. The Bertz CT molecular complexity index is 1730. The molecule has 1 aliphatic rings. The lowest BCUT2D eigenvalue weighted by molar-refractivity contribution is 0.0522. The molecule has 2 N–H and O–H groups in total. The minimum atomic E-state index is -1.60. The monoisotopic (exact) mass is 578 g/mol. The van der Waals surface area contributed by atoms with E-state index in [9.17, 15) is 9.18 Å². The van der Waals surface area contributed by atoms with E-state index in [-0.39, 0.29) is 19.0 Å². The molecule has 1 aromatic carbocycles. The van der Waals surface area contributed by atoms with Crippen LogP contribution in [0.2, 0.25) is 0 Å². The number of methoxy groups -OCH3 is 1. The molecule has 5 heterocycles. The average molecular weight is 579 g/mol. The number of rotatable bonds is 11. The molecule has 0 fully saturated rings. The molecule has 2 atom stereocenters. The van der Waals surface area contributed by atoms with Crippen molar-refractivity contribution >= 4 is 28.0 Å². The van der Waals surface area contributed by atoms with Crippen molar-refractivity contribution < 1.29 is 23.0 Å². The fourth-order valence-electron chi connectivity index (χ4n) is 5.49. The number of hydrogen-bond donors (Lipinski definition) is 1. The predicted molar refractivity (Wildman–Crippen MR) is 153 cm³/mol. The van der Waals surface area contributed by atoms with Gasteiger partial charge in [-0.3, -0.25) is 4.79 Å². The van der Waals surface area contributed by atoms with Crippen LogP contribution in [0.3, 0.4) is 0 Å². The first-order valence-electron chi connectivity index (χ1n) is 13.7. The van der Waals surface area contributed by atoms with Gasteiger partial charge in [-0.25, -0.2) is 19.3 Å². The fourth-order valence-corrected chi connectivity index (χ4v) is 5.49. The number of halogens is 2. The van der Waals surface area contributed by atoms with E-state index in [2.05, 4.69) is 4.98 Å². The molecule has 0 saturated carbocycles. The van der Waals surface area contributed by atoms with Crippen molar-refractivity contribution in [3.8, 4) is 17.3 Å². The summed E-state index contributed by atoms with van der Waals surface area (Å²) in [5.74, 6) is 0.790. The van der Waals surface area contributed by atoms with Gasteiger partial charge in [0, 0.05) is 58.0 Å². The molecule has 4 aromatic heterocycles. The van der Waals surface area contributed by atoms with Crippen molar-refractivity contribution in [2.75, 3.05) is 33.5 Å². The number of ether oxygens (including phenoxy) is 2. The van der Waals surface area contributed by atoms with Crippen LogP contribution in [0.1, 0.15) is 16.1 Å². The molecule has 6 rings (SSSR count). The Morgan fingerprint density at radius 2 is 2.05 bits per heavy atom. The van der Waals surface area contributed by atoms with Gasteiger partial charge in [0.2, 0.25) is 0 Å². The van der Waals surface area contributed by atoms with Gasteiger partial charge in [0.15, 0.2) is 11.5 Å². The zero-order chi connectivity index (χ0) is 29.4. The first-order chi connectivity index (χ1) is 20.4. The third kappa shape index (κ3) is 5.09. The SMILES string of the molecule is COCCn1c(-c2nc3cc4c(nc3n2C)CCN(C[C@H](N)CF)C4=O)cc2cccc(OC(F)Cn3ccnc3)c21. The molecule has 0 radical (unpaired) electrons.